The smallest absolute Gasteiger partial charge is 0.241 e. The van der Waals surface area contributed by atoms with E-state index in [2.05, 4.69) is 30.6 Å². The van der Waals surface area contributed by atoms with Gasteiger partial charge in [0.25, 0.3) is 0 Å². The van der Waals surface area contributed by atoms with Crippen LogP contribution in [0.25, 0.3) is 5.95 Å². The van der Waals surface area contributed by atoms with Gasteiger partial charge in [0.2, 0.25) is 17.8 Å². The molecule has 0 bridgehead atoms. The van der Waals surface area contributed by atoms with E-state index in [1.807, 2.05) is 13.8 Å². The van der Waals surface area contributed by atoms with Crippen LogP contribution >= 0.6 is 0 Å². The molecule has 0 fully saturated rings. The lowest BCUT2D eigenvalue weighted by Gasteiger charge is -2.19. The van der Waals surface area contributed by atoms with Crippen molar-refractivity contribution in [3.8, 4) is 5.95 Å². The van der Waals surface area contributed by atoms with Crippen LogP contribution in [0.1, 0.15) is 13.8 Å². The molecule has 0 aliphatic heterocycles. The zero-order valence-electron chi connectivity index (χ0n) is 11.8. The predicted molar refractivity (Wildman–Crippen MR) is 75.8 cm³/mol. The van der Waals surface area contributed by atoms with Gasteiger partial charge in [0.05, 0.1) is 0 Å². The van der Waals surface area contributed by atoms with Crippen LogP contribution in [0.4, 0.5) is 11.9 Å². The monoisotopic (exact) mass is 277 g/mol. The second-order valence-electron chi connectivity index (χ2n) is 4.60. The molecule has 2 aromatic heterocycles. The Labute approximate surface area is 117 Å². The molecule has 8 nitrogen and oxygen atoms in total. The second kappa shape index (κ2) is 6.29. The van der Waals surface area contributed by atoms with Crippen LogP contribution in [-0.4, -0.2) is 49.3 Å². The van der Waals surface area contributed by atoms with Gasteiger partial charge < -0.3 is 15.7 Å². The van der Waals surface area contributed by atoms with Gasteiger partial charge >= 0.3 is 0 Å². The Morgan fingerprint density at radius 2 is 2.00 bits per heavy atom. The van der Waals surface area contributed by atoms with E-state index in [0.717, 1.165) is 0 Å². The van der Waals surface area contributed by atoms with Gasteiger partial charge in [-0.1, -0.05) is 6.92 Å². The van der Waals surface area contributed by atoms with Crippen molar-refractivity contribution in [1.29, 1.82) is 0 Å². The van der Waals surface area contributed by atoms with Gasteiger partial charge in [0.1, 0.15) is 6.33 Å². The summed E-state index contributed by atoms with van der Waals surface area (Å²) >= 11 is 0. The molecule has 0 spiro atoms. The highest BCUT2D eigenvalue weighted by atomic mass is 16.3. The van der Waals surface area contributed by atoms with Gasteiger partial charge in [-0.3, -0.25) is 4.57 Å². The Bertz CT molecular complexity index is 543. The van der Waals surface area contributed by atoms with Crippen molar-refractivity contribution in [2.45, 2.75) is 19.9 Å². The molecule has 20 heavy (non-hydrogen) atoms. The van der Waals surface area contributed by atoms with E-state index in [-0.39, 0.29) is 18.6 Å². The fourth-order valence-corrected chi connectivity index (χ4v) is 1.54. The lowest BCUT2D eigenvalue weighted by Crippen LogP contribution is -2.27. The van der Waals surface area contributed by atoms with Gasteiger partial charge in [0, 0.05) is 32.1 Å². The first-order valence-electron chi connectivity index (χ1n) is 6.43. The lowest BCUT2D eigenvalue weighted by atomic mass is 10.1. The Morgan fingerprint density at radius 3 is 2.60 bits per heavy atom. The Morgan fingerprint density at radius 1 is 1.25 bits per heavy atom. The van der Waals surface area contributed by atoms with E-state index in [9.17, 15) is 5.11 Å². The van der Waals surface area contributed by atoms with E-state index < -0.39 is 0 Å². The van der Waals surface area contributed by atoms with Gasteiger partial charge in [0.15, 0.2) is 0 Å². The molecule has 0 aliphatic rings. The highest BCUT2D eigenvalue weighted by molar-refractivity contribution is 5.38. The number of nitrogens with one attached hydrogen (secondary N) is 2. The Kier molecular flexibility index (Phi) is 4.46. The van der Waals surface area contributed by atoms with Crippen molar-refractivity contribution in [3.63, 3.8) is 0 Å². The number of aliphatic hydroxyl groups is 1. The van der Waals surface area contributed by atoms with E-state index >= 15 is 0 Å². The molecule has 3 N–H and O–H groups in total. The summed E-state index contributed by atoms with van der Waals surface area (Å²) in [6, 6.07) is 0.0442. The van der Waals surface area contributed by atoms with Crippen LogP contribution < -0.4 is 10.6 Å². The molecule has 108 valence electrons. The minimum Gasteiger partial charge on any atom is -0.396 e. The van der Waals surface area contributed by atoms with E-state index in [1.165, 1.54) is 0 Å². The summed E-state index contributed by atoms with van der Waals surface area (Å²) in [4.78, 5) is 16.8. The third kappa shape index (κ3) is 3.21. The van der Waals surface area contributed by atoms with Crippen LogP contribution in [0.5, 0.6) is 0 Å². The van der Waals surface area contributed by atoms with E-state index in [4.69, 9.17) is 0 Å². The normalized spacial score (nSPS) is 13.8. The third-order valence-electron chi connectivity index (χ3n) is 3.08. The second-order valence-corrected chi connectivity index (χ2v) is 4.60. The first-order valence-corrected chi connectivity index (χ1v) is 6.43. The lowest BCUT2D eigenvalue weighted by molar-refractivity contribution is 0.226. The highest BCUT2D eigenvalue weighted by Crippen LogP contribution is 2.12. The first kappa shape index (κ1) is 14.2. The summed E-state index contributed by atoms with van der Waals surface area (Å²) in [6.07, 6.45) is 5.04. The maximum atomic E-state index is 9.17. The molecule has 2 heterocycles. The average Bonchev–Trinajstić information content (AvgIpc) is 3.00. The quantitative estimate of drug-likeness (QED) is 0.708. The number of rotatable bonds is 6. The molecule has 8 heteroatoms. The number of aromatic nitrogens is 5. The number of imidazole rings is 1. The topological polar surface area (TPSA) is 101 Å². The van der Waals surface area contributed by atoms with Crippen molar-refractivity contribution < 1.29 is 5.11 Å². The maximum absolute atomic E-state index is 9.17. The van der Waals surface area contributed by atoms with Crippen molar-refractivity contribution in [1.82, 2.24) is 24.5 Å². The summed E-state index contributed by atoms with van der Waals surface area (Å²) in [5, 5.41) is 15.2. The summed E-state index contributed by atoms with van der Waals surface area (Å²) in [5.74, 6) is 1.51. The molecule has 0 amide bonds. The van der Waals surface area contributed by atoms with Gasteiger partial charge in [-0.25, -0.2) is 4.98 Å². The molecule has 0 aliphatic carbocycles. The van der Waals surface area contributed by atoms with Crippen LogP contribution in [-0.2, 0) is 0 Å². The number of hydrogen-bond donors (Lipinski definition) is 3. The molecule has 0 saturated carbocycles. The third-order valence-corrected chi connectivity index (χ3v) is 3.08. The van der Waals surface area contributed by atoms with Crippen molar-refractivity contribution in [2.24, 2.45) is 5.92 Å². The molecular weight excluding hydrogens is 258 g/mol. The largest absolute Gasteiger partial charge is 0.396 e. The SMILES string of the molecule is CNc1nc(NC(C)C(C)CO)nc(-n2ccnc2)n1. The maximum Gasteiger partial charge on any atom is 0.241 e. The number of anilines is 2. The molecule has 2 unspecified atom stereocenters. The fourth-order valence-electron chi connectivity index (χ4n) is 1.54. The number of hydrogen-bond acceptors (Lipinski definition) is 7. The van der Waals surface area contributed by atoms with Crippen molar-refractivity contribution in [3.05, 3.63) is 18.7 Å². The minimum absolute atomic E-state index is 0.0442. The number of nitrogens with zero attached hydrogens (tertiary/aromatic N) is 5. The predicted octanol–water partition coefficient (Wildman–Crippen LogP) is 0.528. The van der Waals surface area contributed by atoms with E-state index in [0.29, 0.717) is 17.8 Å². The molecule has 2 rings (SSSR count). The van der Waals surface area contributed by atoms with E-state index in [1.54, 1.807) is 30.3 Å². The first-order chi connectivity index (χ1) is 9.63. The van der Waals surface area contributed by atoms with Crippen molar-refractivity contribution in [2.75, 3.05) is 24.3 Å². The summed E-state index contributed by atoms with van der Waals surface area (Å²) in [5.41, 5.74) is 0. The summed E-state index contributed by atoms with van der Waals surface area (Å²) in [6.45, 7) is 4.03. The molecule has 0 aromatic carbocycles. The summed E-state index contributed by atoms with van der Waals surface area (Å²) < 4.78 is 1.70. The zero-order chi connectivity index (χ0) is 14.5. The van der Waals surface area contributed by atoms with Gasteiger partial charge in [-0.15, -0.1) is 0 Å². The van der Waals surface area contributed by atoms with Gasteiger partial charge in [-0.2, -0.15) is 15.0 Å². The van der Waals surface area contributed by atoms with Crippen LogP contribution in [0.2, 0.25) is 0 Å². The molecule has 0 saturated heterocycles. The standard InChI is InChI=1S/C12H19N7O/c1-8(6-20)9(2)15-11-16-10(13-3)17-12(18-11)19-5-4-14-7-19/h4-5,7-9,20H,6H2,1-3H3,(H2,13,15,16,17,18). The minimum atomic E-state index is 0.0442. The highest BCUT2D eigenvalue weighted by Gasteiger charge is 2.14. The Balaban J connectivity index is 2.27. The zero-order valence-corrected chi connectivity index (χ0v) is 11.8. The van der Waals surface area contributed by atoms with Crippen LogP contribution in [0.3, 0.4) is 0 Å². The van der Waals surface area contributed by atoms with Crippen molar-refractivity contribution >= 4 is 11.9 Å². The van der Waals surface area contributed by atoms with Crippen LogP contribution in [0, 0.1) is 5.92 Å². The molecule has 2 atom stereocenters. The molecule has 0 radical (unpaired) electrons. The molecule has 2 aromatic rings. The Hall–Kier alpha value is -2.22. The van der Waals surface area contributed by atoms with Crippen LogP contribution in [0.15, 0.2) is 18.7 Å². The summed E-state index contributed by atoms with van der Waals surface area (Å²) in [7, 11) is 1.75. The number of aliphatic hydroxyl groups excluding tert-OH is 1. The fraction of sp³-hybridized carbons (Fsp3) is 0.500. The molecular formula is C12H19N7O. The van der Waals surface area contributed by atoms with Gasteiger partial charge in [-0.05, 0) is 12.8 Å². The average molecular weight is 277 g/mol.